The summed E-state index contributed by atoms with van der Waals surface area (Å²) in [5.74, 6) is 0.387. The Morgan fingerprint density at radius 2 is 2.25 bits per heavy atom. The van der Waals surface area contributed by atoms with E-state index in [2.05, 4.69) is 10.3 Å². The molecule has 0 bridgehead atoms. The van der Waals surface area contributed by atoms with Crippen LogP contribution in [0.15, 0.2) is 29.0 Å². The normalized spacial score (nSPS) is 10.7. The molecule has 3 nitrogen and oxygen atoms in total. The molecule has 0 unspecified atom stereocenters. The lowest BCUT2D eigenvalue weighted by Crippen LogP contribution is -2.06. The maximum atomic E-state index is 13.4. The van der Waals surface area contributed by atoms with E-state index in [1.807, 2.05) is 13.1 Å². The number of hydrogen-bond acceptors (Lipinski definition) is 3. The molecule has 0 radical (unpaired) electrons. The Morgan fingerprint density at radius 3 is 2.94 bits per heavy atom. The first-order valence-electron chi connectivity index (χ1n) is 5.06. The molecule has 0 saturated carbocycles. The van der Waals surface area contributed by atoms with Gasteiger partial charge in [0.25, 0.3) is 0 Å². The highest BCUT2D eigenvalue weighted by molar-refractivity contribution is 5.60. The summed E-state index contributed by atoms with van der Waals surface area (Å²) in [5.41, 5.74) is 2.12. The van der Waals surface area contributed by atoms with Crippen LogP contribution in [0.2, 0.25) is 0 Å². The average molecular weight is 220 g/mol. The van der Waals surface area contributed by atoms with E-state index in [-0.39, 0.29) is 5.82 Å². The molecule has 0 aliphatic heterocycles. The van der Waals surface area contributed by atoms with Gasteiger partial charge in [-0.05, 0) is 25.6 Å². The van der Waals surface area contributed by atoms with E-state index in [9.17, 15) is 4.39 Å². The molecule has 0 aliphatic rings. The van der Waals surface area contributed by atoms with E-state index in [0.29, 0.717) is 23.4 Å². The van der Waals surface area contributed by atoms with Crippen molar-refractivity contribution in [2.24, 2.45) is 0 Å². The second-order valence-electron chi connectivity index (χ2n) is 3.62. The van der Waals surface area contributed by atoms with Gasteiger partial charge in [-0.3, -0.25) is 0 Å². The third-order valence-electron chi connectivity index (χ3n) is 2.42. The molecule has 1 aromatic carbocycles. The molecular weight excluding hydrogens is 207 g/mol. The fraction of sp³-hybridized carbons (Fsp3) is 0.250. The van der Waals surface area contributed by atoms with Crippen LogP contribution in [0, 0.1) is 12.7 Å². The molecule has 0 amide bonds. The standard InChI is InChI=1S/C12H13FN2O/c1-8-3-4-9(5-10(8)13)12-11(6-14-2)15-7-16-12/h3-5,7,14H,6H2,1-2H3. The SMILES string of the molecule is CNCc1ncoc1-c1ccc(C)c(F)c1. The highest BCUT2D eigenvalue weighted by Gasteiger charge is 2.11. The molecule has 0 atom stereocenters. The molecule has 1 heterocycles. The highest BCUT2D eigenvalue weighted by atomic mass is 19.1. The molecule has 84 valence electrons. The van der Waals surface area contributed by atoms with Crippen LogP contribution < -0.4 is 5.32 Å². The quantitative estimate of drug-likeness (QED) is 0.863. The van der Waals surface area contributed by atoms with Crippen LogP contribution in [0.25, 0.3) is 11.3 Å². The first kappa shape index (κ1) is 10.8. The molecule has 1 aromatic heterocycles. The zero-order valence-corrected chi connectivity index (χ0v) is 9.25. The van der Waals surface area contributed by atoms with Crippen LogP contribution in [0.1, 0.15) is 11.3 Å². The van der Waals surface area contributed by atoms with Crippen molar-refractivity contribution >= 4 is 0 Å². The highest BCUT2D eigenvalue weighted by Crippen LogP contribution is 2.24. The summed E-state index contributed by atoms with van der Waals surface area (Å²) < 4.78 is 18.7. The number of aromatic nitrogens is 1. The lowest BCUT2D eigenvalue weighted by Gasteiger charge is -2.02. The van der Waals surface area contributed by atoms with Crippen molar-refractivity contribution in [3.8, 4) is 11.3 Å². The lowest BCUT2D eigenvalue weighted by molar-refractivity contribution is 0.568. The number of rotatable bonds is 3. The van der Waals surface area contributed by atoms with E-state index in [1.54, 1.807) is 13.0 Å². The number of aryl methyl sites for hydroxylation is 1. The van der Waals surface area contributed by atoms with Crippen molar-refractivity contribution in [2.45, 2.75) is 13.5 Å². The Bertz CT molecular complexity index is 494. The van der Waals surface area contributed by atoms with Crippen LogP contribution in [0.3, 0.4) is 0 Å². The van der Waals surface area contributed by atoms with E-state index in [0.717, 1.165) is 5.69 Å². The number of halogens is 1. The molecule has 0 saturated heterocycles. The number of benzene rings is 1. The fourth-order valence-electron chi connectivity index (χ4n) is 1.53. The van der Waals surface area contributed by atoms with Gasteiger partial charge in [-0.1, -0.05) is 12.1 Å². The minimum absolute atomic E-state index is 0.232. The van der Waals surface area contributed by atoms with Gasteiger partial charge in [-0.25, -0.2) is 9.37 Å². The molecule has 2 aromatic rings. The summed E-state index contributed by atoms with van der Waals surface area (Å²) in [5, 5.41) is 2.99. The van der Waals surface area contributed by atoms with Crippen LogP contribution in [-0.2, 0) is 6.54 Å². The van der Waals surface area contributed by atoms with Gasteiger partial charge in [0.2, 0.25) is 0 Å². The number of hydrogen-bond donors (Lipinski definition) is 1. The van der Waals surface area contributed by atoms with Crippen molar-refractivity contribution in [3.05, 3.63) is 41.7 Å². The van der Waals surface area contributed by atoms with E-state index < -0.39 is 0 Å². The second-order valence-corrected chi connectivity index (χ2v) is 3.62. The van der Waals surface area contributed by atoms with Gasteiger partial charge in [0, 0.05) is 12.1 Å². The van der Waals surface area contributed by atoms with E-state index >= 15 is 0 Å². The fourth-order valence-corrected chi connectivity index (χ4v) is 1.53. The smallest absolute Gasteiger partial charge is 0.181 e. The summed E-state index contributed by atoms with van der Waals surface area (Å²) in [6, 6.07) is 5.03. The summed E-state index contributed by atoms with van der Waals surface area (Å²) in [7, 11) is 1.83. The Labute approximate surface area is 93.3 Å². The topological polar surface area (TPSA) is 38.1 Å². The van der Waals surface area contributed by atoms with Crippen molar-refractivity contribution in [3.63, 3.8) is 0 Å². The lowest BCUT2D eigenvalue weighted by atomic mass is 10.1. The predicted octanol–water partition coefficient (Wildman–Crippen LogP) is 2.51. The number of nitrogens with one attached hydrogen (secondary N) is 1. The van der Waals surface area contributed by atoms with Gasteiger partial charge in [0.1, 0.15) is 11.5 Å². The summed E-state index contributed by atoms with van der Waals surface area (Å²) in [4.78, 5) is 4.08. The third-order valence-corrected chi connectivity index (χ3v) is 2.42. The molecule has 2 rings (SSSR count). The molecule has 0 spiro atoms. The zero-order chi connectivity index (χ0) is 11.5. The van der Waals surface area contributed by atoms with Crippen molar-refractivity contribution in [1.29, 1.82) is 0 Å². The van der Waals surface area contributed by atoms with Crippen molar-refractivity contribution < 1.29 is 8.81 Å². The Kier molecular flexibility index (Phi) is 3.01. The van der Waals surface area contributed by atoms with Crippen LogP contribution >= 0.6 is 0 Å². The maximum Gasteiger partial charge on any atom is 0.181 e. The van der Waals surface area contributed by atoms with Crippen molar-refractivity contribution in [2.75, 3.05) is 7.05 Å². The average Bonchev–Trinajstić information content (AvgIpc) is 2.71. The van der Waals surface area contributed by atoms with Gasteiger partial charge in [-0.2, -0.15) is 0 Å². The number of nitrogens with zero attached hydrogens (tertiary/aromatic N) is 1. The molecule has 16 heavy (non-hydrogen) atoms. The van der Waals surface area contributed by atoms with Gasteiger partial charge in [-0.15, -0.1) is 0 Å². The van der Waals surface area contributed by atoms with Crippen LogP contribution in [0.5, 0.6) is 0 Å². The minimum atomic E-state index is -0.232. The van der Waals surface area contributed by atoms with Gasteiger partial charge < -0.3 is 9.73 Å². The Balaban J connectivity index is 2.42. The summed E-state index contributed by atoms with van der Waals surface area (Å²) in [6.07, 6.45) is 1.37. The maximum absolute atomic E-state index is 13.4. The zero-order valence-electron chi connectivity index (χ0n) is 9.25. The molecule has 1 N–H and O–H groups in total. The van der Waals surface area contributed by atoms with Crippen LogP contribution in [-0.4, -0.2) is 12.0 Å². The summed E-state index contributed by atoms with van der Waals surface area (Å²) in [6.45, 7) is 2.33. The Hall–Kier alpha value is -1.68. The molecular formula is C12H13FN2O. The summed E-state index contributed by atoms with van der Waals surface area (Å²) >= 11 is 0. The van der Waals surface area contributed by atoms with Gasteiger partial charge in [0.05, 0.1) is 0 Å². The van der Waals surface area contributed by atoms with Crippen molar-refractivity contribution in [1.82, 2.24) is 10.3 Å². The number of oxazole rings is 1. The first-order valence-corrected chi connectivity index (χ1v) is 5.06. The monoisotopic (exact) mass is 220 g/mol. The van der Waals surface area contributed by atoms with Crippen LogP contribution in [0.4, 0.5) is 4.39 Å². The van der Waals surface area contributed by atoms with E-state index in [1.165, 1.54) is 12.5 Å². The van der Waals surface area contributed by atoms with Gasteiger partial charge in [0.15, 0.2) is 12.2 Å². The first-order chi connectivity index (χ1) is 7.72. The molecule has 4 heteroatoms. The van der Waals surface area contributed by atoms with E-state index in [4.69, 9.17) is 4.42 Å². The second kappa shape index (κ2) is 4.45. The molecule has 0 aliphatic carbocycles. The minimum Gasteiger partial charge on any atom is -0.443 e. The largest absolute Gasteiger partial charge is 0.443 e. The predicted molar refractivity (Wildman–Crippen MR) is 59.4 cm³/mol. The van der Waals surface area contributed by atoms with Gasteiger partial charge >= 0.3 is 0 Å². The Morgan fingerprint density at radius 1 is 1.44 bits per heavy atom. The molecule has 0 fully saturated rings. The third kappa shape index (κ3) is 1.97.